The third-order valence-electron chi connectivity index (χ3n) is 3.28. The van der Waals surface area contributed by atoms with Crippen molar-refractivity contribution in [3.8, 4) is 6.07 Å². The van der Waals surface area contributed by atoms with Gasteiger partial charge in [-0.1, -0.05) is 12.1 Å². The molecule has 126 valence electrons. The number of nitro groups is 1. The standard InChI is InChI=1S/C18H16N4O3/c1-12-6-13(2)8-16(7-12)20-11-14(10-19)18(23)21-15-4-3-5-17(9-15)22(24)25/h3-9,11,20H,1-2H3,(H,21,23)/b14-11-. The van der Waals surface area contributed by atoms with Gasteiger partial charge in [0.15, 0.2) is 0 Å². The Hall–Kier alpha value is -3.66. The maximum absolute atomic E-state index is 12.2. The molecule has 0 aliphatic carbocycles. The van der Waals surface area contributed by atoms with Gasteiger partial charge in [0.25, 0.3) is 11.6 Å². The maximum atomic E-state index is 12.2. The van der Waals surface area contributed by atoms with Crippen molar-refractivity contribution < 1.29 is 9.72 Å². The quantitative estimate of drug-likeness (QED) is 0.375. The SMILES string of the molecule is Cc1cc(C)cc(N/C=C(/C#N)C(=O)Nc2cccc([N+](=O)[O-])c2)c1. The van der Waals surface area contributed by atoms with Gasteiger partial charge in [0.1, 0.15) is 11.6 Å². The first kappa shape index (κ1) is 17.7. The lowest BCUT2D eigenvalue weighted by Gasteiger charge is -2.06. The molecule has 2 rings (SSSR count). The average molecular weight is 336 g/mol. The molecule has 0 spiro atoms. The van der Waals surface area contributed by atoms with Crippen LogP contribution in [0.3, 0.4) is 0 Å². The van der Waals surface area contributed by atoms with Crippen molar-refractivity contribution in [3.05, 3.63) is 75.5 Å². The Morgan fingerprint density at radius 2 is 1.84 bits per heavy atom. The van der Waals surface area contributed by atoms with Crippen molar-refractivity contribution in [2.75, 3.05) is 10.6 Å². The van der Waals surface area contributed by atoms with Crippen LogP contribution in [0, 0.1) is 35.3 Å². The van der Waals surface area contributed by atoms with Crippen LogP contribution in [-0.4, -0.2) is 10.8 Å². The number of aryl methyl sites for hydroxylation is 2. The second-order valence-corrected chi connectivity index (χ2v) is 5.45. The summed E-state index contributed by atoms with van der Waals surface area (Å²) >= 11 is 0. The zero-order valence-corrected chi connectivity index (χ0v) is 13.7. The second-order valence-electron chi connectivity index (χ2n) is 5.45. The van der Waals surface area contributed by atoms with Gasteiger partial charge in [-0.05, 0) is 43.2 Å². The molecule has 2 aromatic rings. The van der Waals surface area contributed by atoms with Gasteiger partial charge in [0.2, 0.25) is 0 Å². The highest BCUT2D eigenvalue weighted by Gasteiger charge is 2.12. The zero-order chi connectivity index (χ0) is 18.4. The summed E-state index contributed by atoms with van der Waals surface area (Å²) in [6, 6.07) is 13.1. The zero-order valence-electron chi connectivity index (χ0n) is 13.7. The van der Waals surface area contributed by atoms with E-state index in [4.69, 9.17) is 0 Å². The Labute approximate surface area is 144 Å². The van der Waals surface area contributed by atoms with E-state index in [9.17, 15) is 20.2 Å². The number of hydrogen-bond acceptors (Lipinski definition) is 5. The topological polar surface area (TPSA) is 108 Å². The number of non-ortho nitro benzene ring substituents is 1. The molecular formula is C18H16N4O3. The number of rotatable bonds is 5. The summed E-state index contributed by atoms with van der Waals surface area (Å²) in [6.45, 7) is 3.89. The van der Waals surface area contributed by atoms with Crippen LogP contribution in [0.25, 0.3) is 0 Å². The van der Waals surface area contributed by atoms with E-state index in [1.807, 2.05) is 38.1 Å². The molecule has 7 heteroatoms. The molecule has 0 bridgehead atoms. The molecule has 0 heterocycles. The summed E-state index contributed by atoms with van der Waals surface area (Å²) in [5.74, 6) is -0.653. The van der Waals surface area contributed by atoms with Crippen LogP contribution in [0.4, 0.5) is 17.1 Å². The van der Waals surface area contributed by atoms with Gasteiger partial charge in [-0.2, -0.15) is 5.26 Å². The minimum absolute atomic E-state index is 0.145. The predicted molar refractivity (Wildman–Crippen MR) is 95.0 cm³/mol. The Morgan fingerprint density at radius 3 is 2.44 bits per heavy atom. The van der Waals surface area contributed by atoms with Crippen molar-refractivity contribution in [1.82, 2.24) is 0 Å². The van der Waals surface area contributed by atoms with E-state index in [0.29, 0.717) is 0 Å². The summed E-state index contributed by atoms with van der Waals surface area (Å²) in [5, 5.41) is 25.3. The lowest BCUT2D eigenvalue weighted by atomic mass is 10.1. The first-order chi connectivity index (χ1) is 11.9. The van der Waals surface area contributed by atoms with Crippen LogP contribution >= 0.6 is 0 Å². The molecule has 2 N–H and O–H groups in total. The molecule has 0 atom stereocenters. The minimum atomic E-state index is -0.653. The van der Waals surface area contributed by atoms with Gasteiger partial charge < -0.3 is 10.6 Å². The number of amides is 1. The number of nitriles is 1. The molecule has 0 saturated carbocycles. The van der Waals surface area contributed by atoms with E-state index in [1.165, 1.54) is 30.5 Å². The normalized spacial score (nSPS) is 10.7. The highest BCUT2D eigenvalue weighted by Crippen LogP contribution is 2.18. The fourth-order valence-corrected chi connectivity index (χ4v) is 2.26. The molecule has 0 aliphatic rings. The maximum Gasteiger partial charge on any atom is 0.271 e. The van der Waals surface area contributed by atoms with E-state index in [0.717, 1.165) is 16.8 Å². The number of nitrogens with zero attached hydrogens (tertiary/aromatic N) is 2. The lowest BCUT2D eigenvalue weighted by Crippen LogP contribution is -2.14. The molecule has 1 amide bonds. The Morgan fingerprint density at radius 1 is 1.16 bits per heavy atom. The van der Waals surface area contributed by atoms with Crippen molar-refractivity contribution in [1.29, 1.82) is 5.26 Å². The van der Waals surface area contributed by atoms with Gasteiger partial charge in [-0.25, -0.2) is 0 Å². The number of nitrogens with one attached hydrogen (secondary N) is 2. The molecule has 0 radical (unpaired) electrons. The third kappa shape index (κ3) is 4.91. The first-order valence-corrected chi connectivity index (χ1v) is 7.40. The van der Waals surface area contributed by atoms with Crippen molar-refractivity contribution in [2.45, 2.75) is 13.8 Å². The summed E-state index contributed by atoms with van der Waals surface area (Å²) in [5.41, 5.74) is 2.81. The van der Waals surface area contributed by atoms with Crippen LogP contribution < -0.4 is 10.6 Å². The van der Waals surface area contributed by atoms with Crippen molar-refractivity contribution >= 4 is 23.0 Å². The van der Waals surface area contributed by atoms with E-state index in [2.05, 4.69) is 10.6 Å². The van der Waals surface area contributed by atoms with Crippen LogP contribution in [0.2, 0.25) is 0 Å². The number of nitro benzene ring substituents is 1. The summed E-state index contributed by atoms with van der Waals surface area (Å²) in [6.07, 6.45) is 1.31. The van der Waals surface area contributed by atoms with Crippen LogP contribution in [0.5, 0.6) is 0 Å². The fourth-order valence-electron chi connectivity index (χ4n) is 2.26. The third-order valence-corrected chi connectivity index (χ3v) is 3.28. The molecule has 0 fully saturated rings. The lowest BCUT2D eigenvalue weighted by molar-refractivity contribution is -0.384. The minimum Gasteiger partial charge on any atom is -0.360 e. The fraction of sp³-hybridized carbons (Fsp3) is 0.111. The Kier molecular flexibility index (Phi) is 5.48. The Balaban J connectivity index is 2.14. The van der Waals surface area contributed by atoms with E-state index in [-0.39, 0.29) is 16.9 Å². The second kappa shape index (κ2) is 7.75. The van der Waals surface area contributed by atoms with Crippen LogP contribution in [0.15, 0.2) is 54.2 Å². The molecule has 7 nitrogen and oxygen atoms in total. The van der Waals surface area contributed by atoms with Crippen LogP contribution in [0.1, 0.15) is 11.1 Å². The predicted octanol–water partition coefficient (Wildman–Crippen LogP) is 3.67. The average Bonchev–Trinajstić information content (AvgIpc) is 2.54. The number of carbonyl (C=O) groups excluding carboxylic acids is 1. The van der Waals surface area contributed by atoms with Gasteiger partial charge >= 0.3 is 0 Å². The van der Waals surface area contributed by atoms with Gasteiger partial charge in [-0.3, -0.25) is 14.9 Å². The number of benzene rings is 2. The molecular weight excluding hydrogens is 320 g/mol. The largest absolute Gasteiger partial charge is 0.360 e. The number of hydrogen-bond donors (Lipinski definition) is 2. The monoisotopic (exact) mass is 336 g/mol. The van der Waals surface area contributed by atoms with Crippen molar-refractivity contribution in [3.63, 3.8) is 0 Å². The number of carbonyl (C=O) groups is 1. The molecule has 0 aliphatic heterocycles. The summed E-state index contributed by atoms with van der Waals surface area (Å²) in [7, 11) is 0. The van der Waals surface area contributed by atoms with E-state index in [1.54, 1.807) is 0 Å². The molecule has 25 heavy (non-hydrogen) atoms. The van der Waals surface area contributed by atoms with Crippen LogP contribution in [-0.2, 0) is 4.79 Å². The van der Waals surface area contributed by atoms with Gasteiger partial charge in [0, 0.05) is 29.7 Å². The van der Waals surface area contributed by atoms with Crippen molar-refractivity contribution in [2.24, 2.45) is 0 Å². The first-order valence-electron chi connectivity index (χ1n) is 7.40. The van der Waals surface area contributed by atoms with E-state index >= 15 is 0 Å². The summed E-state index contributed by atoms with van der Waals surface area (Å²) < 4.78 is 0. The molecule has 0 unspecified atom stereocenters. The van der Waals surface area contributed by atoms with Gasteiger partial charge in [0.05, 0.1) is 4.92 Å². The Bertz CT molecular complexity index is 877. The summed E-state index contributed by atoms with van der Waals surface area (Å²) in [4.78, 5) is 22.4. The number of anilines is 2. The molecule has 0 aromatic heterocycles. The van der Waals surface area contributed by atoms with Gasteiger partial charge in [-0.15, -0.1) is 0 Å². The molecule has 2 aromatic carbocycles. The highest BCUT2D eigenvalue weighted by atomic mass is 16.6. The smallest absolute Gasteiger partial charge is 0.271 e. The highest BCUT2D eigenvalue weighted by molar-refractivity contribution is 6.06. The molecule has 0 saturated heterocycles. The van der Waals surface area contributed by atoms with E-state index < -0.39 is 10.8 Å².